The number of fused-ring (bicyclic) bond motifs is 1. The van der Waals surface area contributed by atoms with E-state index in [1.807, 2.05) is 23.2 Å². The van der Waals surface area contributed by atoms with Crippen LogP contribution in [0.4, 0.5) is 5.69 Å². The average molecular weight is 357 g/mol. The Balaban J connectivity index is 1.41. The molecule has 4 rings (SSSR count). The fourth-order valence-corrected chi connectivity index (χ4v) is 3.68. The summed E-state index contributed by atoms with van der Waals surface area (Å²) in [5, 5.41) is 11.9. The van der Waals surface area contributed by atoms with E-state index in [9.17, 15) is 4.79 Å². The van der Waals surface area contributed by atoms with E-state index in [0.717, 1.165) is 44.6 Å². The first-order chi connectivity index (χ1) is 12.8. The highest BCUT2D eigenvalue weighted by molar-refractivity contribution is 5.83. The number of rotatable bonds is 3. The van der Waals surface area contributed by atoms with Crippen molar-refractivity contribution in [3.05, 3.63) is 24.2 Å². The average Bonchev–Trinajstić information content (AvgIpc) is 3.07. The number of aryl methyl sites for hydroxylation is 1. The molecular weight excluding hydrogens is 334 g/mol. The Morgan fingerprint density at radius 1 is 1.15 bits per heavy atom. The Bertz CT molecular complexity index is 753. The second-order valence-electron chi connectivity index (χ2n) is 6.68. The molecule has 1 atom stereocenters. The molecule has 2 aliphatic heterocycles. The minimum Gasteiger partial charge on any atom is -0.481 e. The van der Waals surface area contributed by atoms with Gasteiger partial charge in [0.2, 0.25) is 11.8 Å². The molecule has 1 unspecified atom stereocenters. The molecule has 0 bridgehead atoms. The number of methoxy groups -OCH3 is 1. The lowest BCUT2D eigenvalue weighted by Gasteiger charge is -2.37. The van der Waals surface area contributed by atoms with Crippen molar-refractivity contribution in [3.63, 3.8) is 0 Å². The minimum atomic E-state index is -0.221. The molecule has 26 heavy (non-hydrogen) atoms. The van der Waals surface area contributed by atoms with Crippen molar-refractivity contribution in [3.8, 4) is 5.88 Å². The second-order valence-corrected chi connectivity index (χ2v) is 6.68. The Hall–Kier alpha value is -2.71. The highest BCUT2D eigenvalue weighted by atomic mass is 16.5. The molecule has 1 fully saturated rings. The number of piperazine rings is 1. The van der Waals surface area contributed by atoms with Gasteiger partial charge in [-0.3, -0.25) is 4.79 Å². The molecule has 0 aromatic carbocycles. The van der Waals surface area contributed by atoms with Crippen LogP contribution < -0.4 is 9.64 Å². The summed E-state index contributed by atoms with van der Waals surface area (Å²) in [5.74, 6) is 1.25. The fraction of sp³-hybridized carbons (Fsp3) is 0.588. The number of pyridine rings is 1. The summed E-state index contributed by atoms with van der Waals surface area (Å²) in [6.07, 6.45) is 4.66. The predicted molar refractivity (Wildman–Crippen MR) is 94.0 cm³/mol. The van der Waals surface area contributed by atoms with Gasteiger partial charge in [0.05, 0.1) is 24.9 Å². The van der Waals surface area contributed by atoms with Gasteiger partial charge >= 0.3 is 0 Å². The topological polar surface area (TPSA) is 89.3 Å². The molecule has 0 radical (unpaired) electrons. The van der Waals surface area contributed by atoms with Gasteiger partial charge in [-0.1, -0.05) is 6.42 Å². The van der Waals surface area contributed by atoms with E-state index in [0.29, 0.717) is 24.8 Å². The predicted octanol–water partition coefficient (Wildman–Crippen LogP) is 0.693. The van der Waals surface area contributed by atoms with Gasteiger partial charge in [-0.2, -0.15) is 0 Å². The van der Waals surface area contributed by atoms with Gasteiger partial charge in [0, 0.05) is 38.8 Å². The molecule has 0 N–H and O–H groups in total. The van der Waals surface area contributed by atoms with E-state index in [-0.39, 0.29) is 11.8 Å². The lowest BCUT2D eigenvalue weighted by molar-refractivity contribution is -0.133. The number of nitrogens with zero attached hydrogens (tertiary/aromatic N) is 7. The van der Waals surface area contributed by atoms with E-state index >= 15 is 0 Å². The maximum atomic E-state index is 13.1. The number of amides is 1. The Kier molecular flexibility index (Phi) is 4.68. The molecule has 1 amide bonds. The number of carbonyl (C=O) groups excluding carboxylic acids is 1. The van der Waals surface area contributed by atoms with Gasteiger partial charge in [0.25, 0.3) is 0 Å². The molecule has 9 nitrogen and oxygen atoms in total. The molecule has 1 saturated heterocycles. The Morgan fingerprint density at radius 3 is 2.73 bits per heavy atom. The van der Waals surface area contributed by atoms with Crippen LogP contribution in [0, 0.1) is 0 Å². The van der Waals surface area contributed by atoms with Crippen LogP contribution in [0.25, 0.3) is 0 Å². The molecule has 0 saturated carbocycles. The van der Waals surface area contributed by atoms with Crippen LogP contribution >= 0.6 is 0 Å². The summed E-state index contributed by atoms with van der Waals surface area (Å²) in [5.41, 5.74) is 1.05. The van der Waals surface area contributed by atoms with Crippen molar-refractivity contribution >= 4 is 11.6 Å². The number of hydrogen-bond donors (Lipinski definition) is 0. The number of hydrogen-bond acceptors (Lipinski definition) is 7. The maximum Gasteiger partial charge on any atom is 0.233 e. The van der Waals surface area contributed by atoms with Crippen LogP contribution in [0.1, 0.15) is 31.0 Å². The summed E-state index contributed by atoms with van der Waals surface area (Å²) in [6, 6.07) is 3.86. The highest BCUT2D eigenvalue weighted by Gasteiger charge is 2.33. The van der Waals surface area contributed by atoms with E-state index < -0.39 is 0 Å². The summed E-state index contributed by atoms with van der Waals surface area (Å²) in [4.78, 5) is 21.5. The zero-order valence-electron chi connectivity index (χ0n) is 14.9. The van der Waals surface area contributed by atoms with E-state index in [1.54, 1.807) is 11.8 Å². The SMILES string of the molecule is COc1ccc(N2CCN(C(=O)C3CCCCn4nnnc43)CC2)cn1. The standard InChI is InChI=1S/C17H23N7O2/c1-26-15-6-5-13(12-18-15)22-8-10-23(11-9-22)17(25)14-4-2-3-7-24-16(14)19-20-21-24/h5-6,12,14H,2-4,7-11H2,1H3. The summed E-state index contributed by atoms with van der Waals surface area (Å²) in [7, 11) is 1.61. The lowest BCUT2D eigenvalue weighted by atomic mass is 10.0. The second kappa shape index (κ2) is 7.27. The third-order valence-electron chi connectivity index (χ3n) is 5.17. The molecule has 9 heteroatoms. The van der Waals surface area contributed by atoms with E-state index in [2.05, 4.69) is 25.4 Å². The van der Waals surface area contributed by atoms with Crippen LogP contribution in [0.15, 0.2) is 18.3 Å². The highest BCUT2D eigenvalue weighted by Crippen LogP contribution is 2.27. The molecule has 0 aliphatic carbocycles. The fourth-order valence-electron chi connectivity index (χ4n) is 3.68. The number of ether oxygens (including phenoxy) is 1. The van der Waals surface area contributed by atoms with E-state index in [4.69, 9.17) is 4.74 Å². The summed E-state index contributed by atoms with van der Waals surface area (Å²) in [6.45, 7) is 3.77. The largest absolute Gasteiger partial charge is 0.481 e. The number of anilines is 1. The normalized spacial score (nSPS) is 20.4. The summed E-state index contributed by atoms with van der Waals surface area (Å²) >= 11 is 0. The molecule has 2 aromatic rings. The van der Waals surface area contributed by atoms with Crippen molar-refractivity contribution in [2.75, 3.05) is 38.2 Å². The third kappa shape index (κ3) is 3.21. The number of carbonyl (C=O) groups is 1. The van der Waals surface area contributed by atoms with Crippen molar-refractivity contribution < 1.29 is 9.53 Å². The maximum absolute atomic E-state index is 13.1. The molecule has 2 aliphatic rings. The van der Waals surface area contributed by atoms with Gasteiger partial charge in [-0.25, -0.2) is 9.67 Å². The monoisotopic (exact) mass is 357 g/mol. The van der Waals surface area contributed by atoms with Gasteiger partial charge in [0.1, 0.15) is 0 Å². The molecule has 2 aromatic heterocycles. The smallest absolute Gasteiger partial charge is 0.233 e. The quantitative estimate of drug-likeness (QED) is 0.798. The van der Waals surface area contributed by atoms with Crippen molar-refractivity contribution in [2.45, 2.75) is 31.7 Å². The third-order valence-corrected chi connectivity index (χ3v) is 5.17. The molecule has 4 heterocycles. The lowest BCUT2D eigenvalue weighted by Crippen LogP contribution is -2.50. The van der Waals surface area contributed by atoms with Crippen LogP contribution in [0.3, 0.4) is 0 Å². The number of tetrazole rings is 1. The Labute approximate surface area is 151 Å². The first-order valence-electron chi connectivity index (χ1n) is 9.06. The van der Waals surface area contributed by atoms with Gasteiger partial charge in [0.15, 0.2) is 5.82 Å². The zero-order chi connectivity index (χ0) is 17.9. The Morgan fingerprint density at radius 2 is 2.00 bits per heavy atom. The van der Waals surface area contributed by atoms with Crippen LogP contribution in [0.2, 0.25) is 0 Å². The summed E-state index contributed by atoms with van der Waals surface area (Å²) < 4.78 is 6.89. The number of aromatic nitrogens is 5. The molecule has 138 valence electrons. The minimum absolute atomic E-state index is 0.149. The van der Waals surface area contributed by atoms with Crippen LogP contribution in [-0.4, -0.2) is 69.3 Å². The van der Waals surface area contributed by atoms with Gasteiger partial charge in [-0.05, 0) is 29.3 Å². The van der Waals surface area contributed by atoms with Gasteiger partial charge in [-0.15, -0.1) is 5.10 Å². The van der Waals surface area contributed by atoms with Crippen LogP contribution in [0.5, 0.6) is 5.88 Å². The first kappa shape index (κ1) is 16.7. The van der Waals surface area contributed by atoms with E-state index in [1.165, 1.54) is 0 Å². The molecule has 0 spiro atoms. The zero-order valence-corrected chi connectivity index (χ0v) is 14.9. The molecular formula is C17H23N7O2. The first-order valence-corrected chi connectivity index (χ1v) is 9.06. The van der Waals surface area contributed by atoms with Crippen molar-refractivity contribution in [2.24, 2.45) is 0 Å². The van der Waals surface area contributed by atoms with Crippen molar-refractivity contribution in [1.29, 1.82) is 0 Å². The van der Waals surface area contributed by atoms with Crippen LogP contribution in [-0.2, 0) is 11.3 Å². The van der Waals surface area contributed by atoms with Gasteiger partial charge < -0.3 is 14.5 Å². The van der Waals surface area contributed by atoms with Crippen molar-refractivity contribution in [1.82, 2.24) is 30.1 Å².